The third kappa shape index (κ3) is 2.15. The van der Waals surface area contributed by atoms with Crippen LogP contribution >= 0.6 is 22.7 Å². The van der Waals surface area contributed by atoms with Gasteiger partial charge in [0.15, 0.2) is 0 Å². The predicted molar refractivity (Wildman–Crippen MR) is 95.0 cm³/mol. The van der Waals surface area contributed by atoms with Crippen molar-refractivity contribution in [3.05, 3.63) is 55.2 Å². The molecule has 0 radical (unpaired) electrons. The third-order valence-corrected chi connectivity index (χ3v) is 5.98. The minimum absolute atomic E-state index is 0.125. The molecule has 0 bridgehead atoms. The molecule has 3 aromatic rings. The number of nitrogens with one attached hydrogen (secondary N) is 1. The van der Waals surface area contributed by atoms with Crippen molar-refractivity contribution < 1.29 is 4.74 Å². The van der Waals surface area contributed by atoms with Crippen molar-refractivity contribution in [1.82, 2.24) is 10.2 Å². The maximum atomic E-state index is 9.62. The van der Waals surface area contributed by atoms with E-state index in [4.69, 9.17) is 10.5 Å². The van der Waals surface area contributed by atoms with Crippen LogP contribution in [0.1, 0.15) is 26.1 Å². The van der Waals surface area contributed by atoms with Crippen molar-refractivity contribution >= 4 is 22.7 Å². The fraction of sp³-hybridized carbons (Fsp3) is 0.176. The first kappa shape index (κ1) is 15.0. The molecule has 1 atom stereocenters. The van der Waals surface area contributed by atoms with Gasteiger partial charge in [-0.1, -0.05) is 6.07 Å². The zero-order valence-corrected chi connectivity index (χ0v) is 14.7. The molecule has 0 saturated heterocycles. The fourth-order valence-electron chi connectivity index (χ4n) is 3.07. The number of nitrogens with zero attached hydrogens (tertiary/aromatic N) is 2. The summed E-state index contributed by atoms with van der Waals surface area (Å²) in [5.74, 6) is 0.315. The summed E-state index contributed by atoms with van der Waals surface area (Å²) in [6, 6.07) is 8.33. The zero-order valence-electron chi connectivity index (χ0n) is 13.1. The van der Waals surface area contributed by atoms with E-state index in [2.05, 4.69) is 36.2 Å². The number of thiophene rings is 2. The van der Waals surface area contributed by atoms with Gasteiger partial charge in [-0.2, -0.15) is 5.26 Å². The average molecular weight is 354 g/mol. The molecule has 0 amide bonds. The molecule has 0 fully saturated rings. The first-order valence-electron chi connectivity index (χ1n) is 7.36. The lowest BCUT2D eigenvalue weighted by Gasteiger charge is -2.22. The van der Waals surface area contributed by atoms with Gasteiger partial charge in [0.1, 0.15) is 11.6 Å². The molecule has 7 heteroatoms. The maximum absolute atomic E-state index is 9.62. The lowest BCUT2D eigenvalue weighted by atomic mass is 9.87. The lowest BCUT2D eigenvalue weighted by Crippen LogP contribution is -2.20. The van der Waals surface area contributed by atoms with E-state index in [1.807, 2.05) is 17.5 Å². The molecule has 24 heavy (non-hydrogen) atoms. The molecule has 120 valence electrons. The number of hydrogen-bond donors (Lipinski definition) is 2. The van der Waals surface area contributed by atoms with Gasteiger partial charge in [0.25, 0.3) is 0 Å². The molecule has 3 N–H and O–H groups in total. The Balaban J connectivity index is 1.97. The minimum Gasteiger partial charge on any atom is -0.420 e. The average Bonchev–Trinajstić information content (AvgIpc) is 3.26. The molecule has 1 aliphatic heterocycles. The Labute approximate surface area is 147 Å². The summed E-state index contributed by atoms with van der Waals surface area (Å²) < 4.78 is 5.61. The molecular weight excluding hydrogens is 340 g/mol. The number of nitrogens with two attached hydrogens (primary N) is 1. The molecule has 4 heterocycles. The van der Waals surface area contributed by atoms with Crippen LogP contribution in [0.2, 0.25) is 0 Å². The molecule has 1 unspecified atom stereocenters. The summed E-state index contributed by atoms with van der Waals surface area (Å²) in [4.78, 5) is 3.47. The number of aromatic nitrogens is 2. The number of H-pyrrole nitrogens is 1. The van der Waals surface area contributed by atoms with Gasteiger partial charge in [-0.05, 0) is 31.4 Å². The molecule has 0 aromatic carbocycles. The van der Waals surface area contributed by atoms with E-state index in [0.717, 1.165) is 21.7 Å². The van der Waals surface area contributed by atoms with Crippen molar-refractivity contribution in [3.63, 3.8) is 0 Å². The number of allylic oxidation sites excluding steroid dienone is 1. The first-order chi connectivity index (χ1) is 11.6. The number of aromatic amines is 1. The fourth-order valence-corrected chi connectivity index (χ4v) is 4.84. The van der Waals surface area contributed by atoms with Crippen molar-refractivity contribution in [2.45, 2.75) is 19.8 Å². The Morgan fingerprint density at radius 2 is 2.25 bits per heavy atom. The second kappa shape index (κ2) is 5.51. The van der Waals surface area contributed by atoms with Crippen LogP contribution in [-0.2, 0) is 0 Å². The normalized spacial score (nSPS) is 16.6. The van der Waals surface area contributed by atoms with Gasteiger partial charge in [-0.15, -0.1) is 27.8 Å². The standard InChI is InChI=1S/C17H14N4OS2/c1-8-6-10(9(2)24-8)15-14-13(12-4-3-5-23-12)11(7-18)16(19)22-17(14)21-20-15/h3-6,13H,19H2,1-2H3,(H,20,21). The second-order valence-electron chi connectivity index (χ2n) is 5.58. The highest BCUT2D eigenvalue weighted by Crippen LogP contribution is 2.47. The monoisotopic (exact) mass is 354 g/mol. The smallest absolute Gasteiger partial charge is 0.244 e. The Hall–Kier alpha value is -2.56. The molecule has 1 aliphatic rings. The SMILES string of the molecule is Cc1cc(-c2[nH]nc3c2C(c2cccs2)C(C#N)=C(N)O3)c(C)s1. The number of aryl methyl sites for hydroxylation is 2. The Bertz CT molecular complexity index is 989. The van der Waals surface area contributed by atoms with Gasteiger partial charge < -0.3 is 10.5 Å². The molecule has 0 saturated carbocycles. The van der Waals surface area contributed by atoms with E-state index in [-0.39, 0.29) is 11.8 Å². The largest absolute Gasteiger partial charge is 0.420 e. The Morgan fingerprint density at radius 1 is 1.42 bits per heavy atom. The van der Waals surface area contributed by atoms with Gasteiger partial charge in [-0.25, -0.2) is 0 Å². The Kier molecular flexibility index (Phi) is 3.44. The molecular formula is C17H14N4OS2. The minimum atomic E-state index is -0.257. The summed E-state index contributed by atoms with van der Waals surface area (Å²) in [7, 11) is 0. The highest BCUT2D eigenvalue weighted by Gasteiger charge is 2.36. The third-order valence-electron chi connectivity index (χ3n) is 4.08. The number of rotatable bonds is 2. The first-order valence-corrected chi connectivity index (χ1v) is 9.06. The van der Waals surface area contributed by atoms with Crippen LogP contribution < -0.4 is 10.5 Å². The van der Waals surface area contributed by atoms with Gasteiger partial charge in [-0.3, -0.25) is 5.10 Å². The van der Waals surface area contributed by atoms with Crippen molar-refractivity contribution in [2.24, 2.45) is 5.73 Å². The molecule has 0 spiro atoms. The van der Waals surface area contributed by atoms with E-state index in [1.54, 1.807) is 22.7 Å². The predicted octanol–water partition coefficient (Wildman–Crippen LogP) is 4.03. The van der Waals surface area contributed by atoms with E-state index in [9.17, 15) is 5.26 Å². The quantitative estimate of drug-likeness (QED) is 0.727. The summed E-state index contributed by atoms with van der Waals surface area (Å²) in [6.07, 6.45) is 0. The van der Waals surface area contributed by atoms with Crippen LogP contribution in [0.3, 0.4) is 0 Å². The van der Waals surface area contributed by atoms with E-state index in [0.29, 0.717) is 11.5 Å². The van der Waals surface area contributed by atoms with Gasteiger partial charge in [0, 0.05) is 20.2 Å². The van der Waals surface area contributed by atoms with Crippen LogP contribution in [-0.4, -0.2) is 10.2 Å². The maximum Gasteiger partial charge on any atom is 0.244 e. The van der Waals surface area contributed by atoms with E-state index in [1.165, 1.54) is 9.75 Å². The van der Waals surface area contributed by atoms with Crippen molar-refractivity contribution in [3.8, 4) is 23.2 Å². The second-order valence-corrected chi connectivity index (χ2v) is 8.02. The lowest BCUT2D eigenvalue weighted by molar-refractivity contribution is 0.379. The zero-order chi connectivity index (χ0) is 16.8. The van der Waals surface area contributed by atoms with Gasteiger partial charge in [0.05, 0.1) is 17.2 Å². The highest BCUT2D eigenvalue weighted by atomic mass is 32.1. The van der Waals surface area contributed by atoms with Crippen LogP contribution in [0.15, 0.2) is 35.0 Å². The summed E-state index contributed by atoms with van der Waals surface area (Å²) >= 11 is 3.33. The van der Waals surface area contributed by atoms with Gasteiger partial charge >= 0.3 is 0 Å². The van der Waals surface area contributed by atoms with Crippen LogP contribution in [0, 0.1) is 25.2 Å². The van der Waals surface area contributed by atoms with E-state index < -0.39 is 0 Å². The molecule has 0 aliphatic carbocycles. The summed E-state index contributed by atoms with van der Waals surface area (Å²) in [5, 5.41) is 19.0. The highest BCUT2D eigenvalue weighted by molar-refractivity contribution is 7.12. The van der Waals surface area contributed by atoms with Gasteiger partial charge in [0.2, 0.25) is 11.8 Å². The summed E-state index contributed by atoms with van der Waals surface area (Å²) in [5.41, 5.74) is 9.26. The van der Waals surface area contributed by atoms with Crippen molar-refractivity contribution in [1.29, 1.82) is 5.26 Å². The number of fused-ring (bicyclic) bond motifs is 1. The van der Waals surface area contributed by atoms with E-state index >= 15 is 0 Å². The molecule has 4 rings (SSSR count). The number of nitriles is 1. The number of ether oxygens (including phenoxy) is 1. The topological polar surface area (TPSA) is 87.7 Å². The van der Waals surface area contributed by atoms with Crippen LogP contribution in [0.5, 0.6) is 5.88 Å². The molecule has 5 nitrogen and oxygen atoms in total. The van der Waals surface area contributed by atoms with Crippen molar-refractivity contribution in [2.75, 3.05) is 0 Å². The van der Waals surface area contributed by atoms with Crippen LogP contribution in [0.25, 0.3) is 11.3 Å². The van der Waals surface area contributed by atoms with Crippen LogP contribution in [0.4, 0.5) is 0 Å². The number of hydrogen-bond acceptors (Lipinski definition) is 6. The molecule has 3 aromatic heterocycles. The Morgan fingerprint density at radius 3 is 2.88 bits per heavy atom. The summed E-state index contributed by atoms with van der Waals surface area (Å²) in [6.45, 7) is 4.16.